The summed E-state index contributed by atoms with van der Waals surface area (Å²) in [7, 11) is 0. The van der Waals surface area contributed by atoms with Gasteiger partial charge in [-0.3, -0.25) is 0 Å². The topological polar surface area (TPSA) is 0 Å². The predicted octanol–water partition coefficient (Wildman–Crippen LogP) is 5.94. The van der Waals surface area contributed by atoms with Gasteiger partial charge in [0.2, 0.25) is 0 Å². The van der Waals surface area contributed by atoms with Gasteiger partial charge >= 0.3 is 0 Å². The van der Waals surface area contributed by atoms with Crippen molar-refractivity contribution in [1.82, 2.24) is 0 Å². The quantitative estimate of drug-likeness (QED) is 0.586. The van der Waals surface area contributed by atoms with E-state index in [9.17, 15) is 4.39 Å². The Morgan fingerprint density at radius 1 is 1.35 bits per heavy atom. The van der Waals surface area contributed by atoms with Gasteiger partial charge in [0.15, 0.2) is 0 Å². The maximum absolute atomic E-state index is 13.4. The fourth-order valence-corrected chi connectivity index (χ4v) is 3.49. The summed E-state index contributed by atoms with van der Waals surface area (Å²) in [6.45, 7) is 1.72. The smallest absolute Gasteiger partial charge is 0.126 e. The lowest BCUT2D eigenvalue weighted by Gasteiger charge is -2.08. The van der Waals surface area contributed by atoms with E-state index in [-0.39, 0.29) is 11.2 Å². The minimum Gasteiger partial charge on any atom is -0.207 e. The summed E-state index contributed by atoms with van der Waals surface area (Å²) < 4.78 is 14.9. The van der Waals surface area contributed by atoms with Crippen molar-refractivity contribution >= 4 is 50.5 Å². The molecule has 0 aliphatic carbocycles. The Labute approximate surface area is 121 Å². The zero-order valence-corrected chi connectivity index (χ0v) is 12.7. The first-order chi connectivity index (χ1) is 7.99. The highest BCUT2D eigenvalue weighted by molar-refractivity contribution is 9.10. The first-order valence-corrected chi connectivity index (χ1v) is 7.26. The van der Waals surface area contributed by atoms with Crippen LogP contribution in [0.15, 0.2) is 28.7 Å². The lowest BCUT2D eigenvalue weighted by Crippen LogP contribution is -1.92. The van der Waals surface area contributed by atoms with Crippen LogP contribution >= 0.6 is 50.5 Å². The molecule has 1 atom stereocenters. The summed E-state index contributed by atoms with van der Waals surface area (Å²) in [4.78, 5) is 0.895. The van der Waals surface area contributed by atoms with Gasteiger partial charge in [0.1, 0.15) is 10.2 Å². The molecule has 2 rings (SSSR count). The van der Waals surface area contributed by atoms with Crippen LogP contribution in [0.1, 0.15) is 21.4 Å². The van der Waals surface area contributed by atoms with Gasteiger partial charge in [-0.05, 0) is 46.1 Å². The number of aryl methyl sites for hydroxylation is 1. The summed E-state index contributed by atoms with van der Waals surface area (Å²) in [6, 6.07) is 6.89. The second-order valence-corrected chi connectivity index (χ2v) is 6.62. The van der Waals surface area contributed by atoms with Gasteiger partial charge in [0.05, 0.1) is 5.38 Å². The van der Waals surface area contributed by atoms with Crippen LogP contribution in [-0.4, -0.2) is 0 Å². The summed E-state index contributed by atoms with van der Waals surface area (Å²) in [5.74, 6) is -0.241. The molecule has 1 unspecified atom stereocenters. The highest BCUT2D eigenvalue weighted by Gasteiger charge is 2.16. The Morgan fingerprint density at radius 3 is 2.59 bits per heavy atom. The van der Waals surface area contributed by atoms with Crippen LogP contribution in [0.25, 0.3) is 0 Å². The number of halogens is 4. The molecule has 17 heavy (non-hydrogen) atoms. The third-order valence-corrected chi connectivity index (χ3v) is 5.56. The van der Waals surface area contributed by atoms with Crippen molar-refractivity contribution < 1.29 is 4.39 Å². The van der Waals surface area contributed by atoms with E-state index in [1.807, 2.05) is 12.1 Å². The molecule has 0 aliphatic rings. The van der Waals surface area contributed by atoms with Crippen molar-refractivity contribution in [2.75, 3.05) is 0 Å². The lowest BCUT2D eigenvalue weighted by atomic mass is 10.1. The molecule has 0 spiro atoms. The minimum absolute atomic E-state index is 0.241. The van der Waals surface area contributed by atoms with Crippen LogP contribution in [0.4, 0.5) is 4.39 Å². The molecule has 2 aromatic rings. The van der Waals surface area contributed by atoms with Gasteiger partial charge in [-0.2, -0.15) is 0 Å². The maximum Gasteiger partial charge on any atom is 0.126 e. The molecule has 90 valence electrons. The van der Waals surface area contributed by atoms with Crippen molar-refractivity contribution in [3.8, 4) is 0 Å². The van der Waals surface area contributed by atoms with E-state index in [1.165, 1.54) is 17.4 Å². The molecular formula is C12H8BrCl2FS. The SMILES string of the molecule is Cc1ccc(C(Cl)c2cc(Br)c(Cl)s2)cc1F. The molecular weight excluding hydrogens is 346 g/mol. The highest BCUT2D eigenvalue weighted by Crippen LogP contribution is 2.40. The number of benzene rings is 1. The molecule has 1 heterocycles. The van der Waals surface area contributed by atoms with Crippen molar-refractivity contribution in [3.05, 3.63) is 54.9 Å². The predicted molar refractivity (Wildman–Crippen MR) is 75.9 cm³/mol. The second-order valence-electron chi connectivity index (χ2n) is 3.64. The van der Waals surface area contributed by atoms with Crippen LogP contribution < -0.4 is 0 Å². The van der Waals surface area contributed by atoms with Gasteiger partial charge in [0, 0.05) is 9.35 Å². The zero-order valence-electron chi connectivity index (χ0n) is 8.81. The maximum atomic E-state index is 13.4. The lowest BCUT2D eigenvalue weighted by molar-refractivity contribution is 0.616. The van der Waals surface area contributed by atoms with Crippen LogP contribution in [0.5, 0.6) is 0 Å². The van der Waals surface area contributed by atoms with E-state index in [2.05, 4.69) is 15.9 Å². The molecule has 0 aliphatic heterocycles. The van der Waals surface area contributed by atoms with Crippen LogP contribution in [0, 0.1) is 12.7 Å². The summed E-state index contributed by atoms with van der Waals surface area (Å²) in [5.41, 5.74) is 1.35. The van der Waals surface area contributed by atoms with Crippen molar-refractivity contribution in [1.29, 1.82) is 0 Å². The van der Waals surface area contributed by atoms with E-state index >= 15 is 0 Å². The van der Waals surface area contributed by atoms with Crippen molar-refractivity contribution in [3.63, 3.8) is 0 Å². The summed E-state index contributed by atoms with van der Waals surface area (Å²) >= 11 is 17.0. The molecule has 0 fully saturated rings. The summed E-state index contributed by atoms with van der Waals surface area (Å²) in [5, 5.41) is -0.376. The standard InChI is InChI=1S/C12H8BrCl2FS/c1-6-2-3-7(4-9(6)16)11(14)10-5-8(13)12(15)17-10/h2-5,11H,1H3. The minimum atomic E-state index is -0.376. The van der Waals surface area contributed by atoms with E-state index < -0.39 is 0 Å². The van der Waals surface area contributed by atoms with E-state index in [4.69, 9.17) is 23.2 Å². The van der Waals surface area contributed by atoms with Gasteiger partial charge in [-0.25, -0.2) is 4.39 Å². The molecule has 0 amide bonds. The summed E-state index contributed by atoms with van der Waals surface area (Å²) in [6.07, 6.45) is 0. The monoisotopic (exact) mass is 352 g/mol. The van der Waals surface area contributed by atoms with Crippen LogP contribution in [0.3, 0.4) is 0 Å². The average Bonchev–Trinajstić information content (AvgIpc) is 2.62. The largest absolute Gasteiger partial charge is 0.207 e. The molecule has 1 aromatic heterocycles. The van der Waals surface area contributed by atoms with E-state index in [0.29, 0.717) is 9.90 Å². The zero-order chi connectivity index (χ0) is 12.6. The fraction of sp³-hybridized carbons (Fsp3) is 0.167. The van der Waals surface area contributed by atoms with Gasteiger partial charge < -0.3 is 0 Å². The number of rotatable bonds is 2. The van der Waals surface area contributed by atoms with Crippen molar-refractivity contribution in [2.24, 2.45) is 0 Å². The third-order valence-electron chi connectivity index (χ3n) is 2.40. The van der Waals surface area contributed by atoms with Gasteiger partial charge in [-0.1, -0.05) is 23.7 Å². The number of alkyl halides is 1. The average molecular weight is 354 g/mol. The Bertz CT molecular complexity index is 534. The normalized spacial score (nSPS) is 12.8. The Hall–Kier alpha value is -0.0900. The molecule has 1 aromatic carbocycles. The Kier molecular flexibility index (Phi) is 4.14. The third kappa shape index (κ3) is 2.84. The van der Waals surface area contributed by atoms with Crippen molar-refractivity contribution in [2.45, 2.75) is 12.3 Å². The molecule has 0 bridgehead atoms. The number of hydrogen-bond donors (Lipinski definition) is 0. The highest BCUT2D eigenvalue weighted by atomic mass is 79.9. The molecule has 0 saturated carbocycles. The second kappa shape index (κ2) is 5.27. The Morgan fingerprint density at radius 2 is 2.06 bits per heavy atom. The van der Waals surface area contributed by atoms with Crippen LogP contribution in [-0.2, 0) is 0 Å². The van der Waals surface area contributed by atoms with Gasteiger partial charge in [-0.15, -0.1) is 22.9 Å². The molecule has 0 radical (unpaired) electrons. The first-order valence-electron chi connectivity index (χ1n) is 4.84. The molecule has 0 saturated heterocycles. The first kappa shape index (κ1) is 13.3. The van der Waals surface area contributed by atoms with Gasteiger partial charge in [0.25, 0.3) is 0 Å². The molecule has 5 heteroatoms. The number of hydrogen-bond acceptors (Lipinski definition) is 1. The molecule has 0 N–H and O–H groups in total. The fourth-order valence-electron chi connectivity index (χ4n) is 1.42. The van der Waals surface area contributed by atoms with E-state index in [1.54, 1.807) is 13.0 Å². The number of thiophene rings is 1. The van der Waals surface area contributed by atoms with E-state index in [0.717, 1.165) is 14.9 Å². The Balaban J connectivity index is 2.36. The molecule has 0 nitrogen and oxygen atoms in total. The van der Waals surface area contributed by atoms with Crippen LogP contribution in [0.2, 0.25) is 4.34 Å².